The lowest BCUT2D eigenvalue weighted by atomic mass is 9.78. The van der Waals surface area contributed by atoms with Crippen LogP contribution in [0.15, 0.2) is 24.3 Å². The van der Waals surface area contributed by atoms with Crippen LogP contribution in [-0.4, -0.2) is 21.6 Å². The molecule has 0 radical (unpaired) electrons. The molecule has 4 heteroatoms. The van der Waals surface area contributed by atoms with Crippen LogP contribution in [0.5, 0.6) is 0 Å². The van der Waals surface area contributed by atoms with Crippen LogP contribution in [0.1, 0.15) is 38.3 Å². The Hall–Kier alpha value is -1.35. The van der Waals surface area contributed by atoms with Gasteiger partial charge in [-0.05, 0) is 38.5 Å². The number of fused-ring (bicyclic) bond motifs is 1. The molecule has 3 nitrogen and oxygen atoms in total. The van der Waals surface area contributed by atoms with Gasteiger partial charge in [0.05, 0.1) is 11.2 Å². The van der Waals surface area contributed by atoms with E-state index in [-0.39, 0.29) is 5.54 Å². The summed E-state index contributed by atoms with van der Waals surface area (Å²) in [6.07, 6.45) is 4.64. The van der Waals surface area contributed by atoms with Crippen molar-refractivity contribution in [2.24, 2.45) is 5.92 Å². The van der Waals surface area contributed by atoms with Crippen molar-refractivity contribution in [3.05, 3.63) is 30.0 Å². The summed E-state index contributed by atoms with van der Waals surface area (Å²) in [6.45, 7) is 4.32. The normalized spacial score (nSPS) is 26.0. The van der Waals surface area contributed by atoms with E-state index in [1.165, 1.54) is 12.8 Å². The summed E-state index contributed by atoms with van der Waals surface area (Å²) in [6, 6.07) is 8.29. The van der Waals surface area contributed by atoms with Gasteiger partial charge < -0.3 is 5.32 Å². The first-order valence-corrected chi connectivity index (χ1v) is 8.23. The highest BCUT2D eigenvalue weighted by Gasteiger charge is 2.34. The minimum absolute atomic E-state index is 0.0409. The van der Waals surface area contributed by atoms with Crippen molar-refractivity contribution in [3.8, 4) is 0 Å². The van der Waals surface area contributed by atoms with Crippen LogP contribution >= 0.6 is 11.6 Å². The van der Waals surface area contributed by atoms with Crippen molar-refractivity contribution in [1.29, 1.82) is 0 Å². The zero-order chi connectivity index (χ0) is 14.9. The minimum Gasteiger partial charge on any atom is -0.361 e. The minimum atomic E-state index is -0.0409. The largest absolute Gasteiger partial charge is 0.361 e. The van der Waals surface area contributed by atoms with Gasteiger partial charge in [-0.2, -0.15) is 5.10 Å². The predicted octanol–water partition coefficient (Wildman–Crippen LogP) is 4.54. The second-order valence-electron chi connectivity index (χ2n) is 6.40. The zero-order valence-electron chi connectivity index (χ0n) is 12.7. The Labute approximate surface area is 131 Å². The van der Waals surface area contributed by atoms with Crippen molar-refractivity contribution >= 4 is 28.2 Å². The second-order valence-corrected chi connectivity index (χ2v) is 6.67. The molecule has 1 saturated carbocycles. The molecule has 2 aromatic rings. The number of anilines is 1. The van der Waals surface area contributed by atoms with E-state index in [0.717, 1.165) is 41.0 Å². The van der Waals surface area contributed by atoms with Crippen molar-refractivity contribution in [1.82, 2.24) is 10.2 Å². The number of hydrogen-bond donors (Lipinski definition) is 1. The lowest BCUT2D eigenvalue weighted by molar-refractivity contribution is 0.286. The van der Waals surface area contributed by atoms with Crippen LogP contribution in [0.25, 0.3) is 10.8 Å². The van der Waals surface area contributed by atoms with Crippen molar-refractivity contribution in [2.75, 3.05) is 11.2 Å². The Kier molecular flexibility index (Phi) is 4.03. The number of hydrogen-bond acceptors (Lipinski definition) is 3. The molecular formula is C17H22ClN3. The average Bonchev–Trinajstić information content (AvgIpc) is 2.53. The van der Waals surface area contributed by atoms with Gasteiger partial charge in [-0.25, -0.2) is 0 Å². The third kappa shape index (κ3) is 2.84. The SMILES string of the molecule is Cc1nnc(NC2(CCl)CCC(C)CC2)c2ccccc12. The number of halogens is 1. The van der Waals surface area contributed by atoms with Gasteiger partial charge >= 0.3 is 0 Å². The van der Waals surface area contributed by atoms with E-state index >= 15 is 0 Å². The molecule has 1 aromatic carbocycles. The number of rotatable bonds is 3. The van der Waals surface area contributed by atoms with Gasteiger partial charge in [0.1, 0.15) is 0 Å². The Morgan fingerprint density at radius 1 is 1.19 bits per heavy atom. The van der Waals surface area contributed by atoms with Crippen molar-refractivity contribution in [3.63, 3.8) is 0 Å². The molecule has 0 amide bonds. The van der Waals surface area contributed by atoms with Crippen LogP contribution in [0.3, 0.4) is 0 Å². The maximum atomic E-state index is 6.31. The fourth-order valence-corrected chi connectivity index (χ4v) is 3.52. The van der Waals surface area contributed by atoms with Gasteiger partial charge in [0.15, 0.2) is 5.82 Å². The Morgan fingerprint density at radius 2 is 1.86 bits per heavy atom. The first-order chi connectivity index (χ1) is 10.1. The molecule has 1 heterocycles. The average molecular weight is 304 g/mol. The number of benzene rings is 1. The quantitative estimate of drug-likeness (QED) is 0.846. The van der Waals surface area contributed by atoms with Gasteiger partial charge in [0.25, 0.3) is 0 Å². The fraction of sp³-hybridized carbons (Fsp3) is 0.529. The maximum Gasteiger partial charge on any atom is 0.157 e. The number of aryl methyl sites for hydroxylation is 1. The molecule has 21 heavy (non-hydrogen) atoms. The van der Waals surface area contributed by atoms with Gasteiger partial charge in [0, 0.05) is 16.7 Å². The molecule has 0 saturated heterocycles. The molecule has 1 fully saturated rings. The maximum absolute atomic E-state index is 6.31. The van der Waals surface area contributed by atoms with Crippen LogP contribution in [0.4, 0.5) is 5.82 Å². The highest BCUT2D eigenvalue weighted by molar-refractivity contribution is 6.19. The molecule has 1 aliphatic carbocycles. The van der Waals surface area contributed by atoms with E-state index in [0.29, 0.717) is 5.88 Å². The molecule has 0 unspecified atom stereocenters. The smallest absolute Gasteiger partial charge is 0.157 e. The standard InChI is InChI=1S/C17H22ClN3/c1-12-7-9-17(11-18,10-8-12)19-16-15-6-4-3-5-14(15)13(2)20-21-16/h3-6,12H,7-11H2,1-2H3,(H,19,21). The number of nitrogens with zero attached hydrogens (tertiary/aromatic N) is 2. The molecule has 0 aliphatic heterocycles. The fourth-order valence-electron chi connectivity index (χ4n) is 3.19. The van der Waals surface area contributed by atoms with Gasteiger partial charge in [-0.3, -0.25) is 0 Å². The van der Waals surface area contributed by atoms with Gasteiger partial charge in [-0.15, -0.1) is 16.7 Å². The number of alkyl halides is 1. The Balaban J connectivity index is 1.96. The third-order valence-corrected chi connectivity index (χ3v) is 5.25. The lowest BCUT2D eigenvalue weighted by Gasteiger charge is -2.39. The van der Waals surface area contributed by atoms with E-state index < -0.39 is 0 Å². The first kappa shape index (κ1) is 14.6. The van der Waals surface area contributed by atoms with Crippen molar-refractivity contribution in [2.45, 2.75) is 45.1 Å². The topological polar surface area (TPSA) is 37.8 Å². The lowest BCUT2D eigenvalue weighted by Crippen LogP contribution is -2.43. The third-order valence-electron chi connectivity index (χ3n) is 4.74. The van der Waals surface area contributed by atoms with E-state index in [4.69, 9.17) is 11.6 Å². The van der Waals surface area contributed by atoms with Crippen LogP contribution < -0.4 is 5.32 Å². The molecule has 1 aliphatic rings. The predicted molar refractivity (Wildman–Crippen MR) is 89.0 cm³/mol. The molecule has 0 atom stereocenters. The summed E-state index contributed by atoms with van der Waals surface area (Å²) in [5.41, 5.74) is 0.925. The second kappa shape index (κ2) is 5.80. The molecule has 0 bridgehead atoms. The van der Waals surface area contributed by atoms with E-state index in [2.05, 4.69) is 34.6 Å². The van der Waals surface area contributed by atoms with Crippen molar-refractivity contribution < 1.29 is 0 Å². The Bertz CT molecular complexity index is 633. The van der Waals surface area contributed by atoms with E-state index in [1.54, 1.807) is 0 Å². The number of aromatic nitrogens is 2. The summed E-state index contributed by atoms with van der Waals surface area (Å²) in [5, 5.41) is 14.6. The van der Waals surface area contributed by atoms with Gasteiger partial charge in [0.2, 0.25) is 0 Å². The summed E-state index contributed by atoms with van der Waals surface area (Å²) < 4.78 is 0. The summed E-state index contributed by atoms with van der Waals surface area (Å²) in [4.78, 5) is 0. The van der Waals surface area contributed by atoms with Crippen LogP contribution in [0, 0.1) is 12.8 Å². The zero-order valence-corrected chi connectivity index (χ0v) is 13.5. The molecule has 112 valence electrons. The summed E-state index contributed by atoms with van der Waals surface area (Å²) >= 11 is 6.31. The molecule has 1 N–H and O–H groups in total. The molecule has 3 rings (SSSR count). The molecule has 0 spiro atoms. The molecular weight excluding hydrogens is 282 g/mol. The molecule has 1 aromatic heterocycles. The summed E-state index contributed by atoms with van der Waals surface area (Å²) in [5.74, 6) is 2.28. The number of nitrogens with one attached hydrogen (secondary N) is 1. The summed E-state index contributed by atoms with van der Waals surface area (Å²) in [7, 11) is 0. The van der Waals surface area contributed by atoms with Crippen LogP contribution in [-0.2, 0) is 0 Å². The van der Waals surface area contributed by atoms with E-state index in [1.807, 2.05) is 19.1 Å². The van der Waals surface area contributed by atoms with Gasteiger partial charge in [-0.1, -0.05) is 31.2 Å². The highest BCUT2D eigenvalue weighted by atomic mass is 35.5. The first-order valence-electron chi connectivity index (χ1n) is 7.70. The highest BCUT2D eigenvalue weighted by Crippen LogP contribution is 2.36. The van der Waals surface area contributed by atoms with E-state index in [9.17, 15) is 0 Å². The monoisotopic (exact) mass is 303 g/mol. The van der Waals surface area contributed by atoms with Crippen LogP contribution in [0.2, 0.25) is 0 Å². The Morgan fingerprint density at radius 3 is 2.52 bits per heavy atom.